The van der Waals surface area contributed by atoms with Crippen molar-refractivity contribution >= 4 is 17.6 Å². The molecule has 1 amide bonds. The second kappa shape index (κ2) is 11.7. The molecule has 1 aliphatic carbocycles. The molecule has 0 spiro atoms. The number of carbonyl (C=O) groups is 2. The first-order valence-corrected chi connectivity index (χ1v) is 13.7. The average molecular weight is 537 g/mol. The van der Waals surface area contributed by atoms with Crippen molar-refractivity contribution in [1.29, 1.82) is 0 Å². The number of allylic oxidation sites excluding steroid dienone is 2. The Labute approximate surface area is 228 Å². The Balaban J connectivity index is 1.28. The number of esters is 1. The third-order valence-electron chi connectivity index (χ3n) is 8.34. The normalized spacial score (nSPS) is 24.0. The van der Waals surface area contributed by atoms with Gasteiger partial charge in [0.05, 0.1) is 25.4 Å². The van der Waals surface area contributed by atoms with Crippen molar-refractivity contribution in [3.05, 3.63) is 65.8 Å². The minimum absolute atomic E-state index is 0.0716. The molecule has 1 aromatic heterocycles. The number of carbonyl (C=O) groups excluding carboxylic acids is 2. The maximum atomic E-state index is 13.9. The molecular formula is C29H37FN6O3. The molecule has 0 radical (unpaired) electrons. The van der Waals surface area contributed by atoms with Gasteiger partial charge in [0, 0.05) is 45.0 Å². The number of halogens is 1. The van der Waals surface area contributed by atoms with E-state index in [1.54, 1.807) is 23.0 Å². The van der Waals surface area contributed by atoms with Gasteiger partial charge < -0.3 is 14.5 Å². The molecule has 5 rings (SSSR count). The van der Waals surface area contributed by atoms with E-state index in [0.29, 0.717) is 45.1 Å². The van der Waals surface area contributed by atoms with Crippen molar-refractivity contribution in [3.8, 4) is 0 Å². The number of amides is 1. The lowest BCUT2D eigenvalue weighted by atomic mass is 9.85. The summed E-state index contributed by atoms with van der Waals surface area (Å²) in [6.45, 7) is 10.2. The van der Waals surface area contributed by atoms with E-state index < -0.39 is 5.97 Å². The highest BCUT2D eigenvalue weighted by Crippen LogP contribution is 2.33. The highest BCUT2D eigenvalue weighted by atomic mass is 19.1. The van der Waals surface area contributed by atoms with Crippen molar-refractivity contribution in [1.82, 2.24) is 24.8 Å². The molecule has 2 aromatic rings. The maximum absolute atomic E-state index is 13.9. The third-order valence-corrected chi connectivity index (χ3v) is 8.34. The van der Waals surface area contributed by atoms with Gasteiger partial charge in [-0.1, -0.05) is 29.0 Å². The molecule has 39 heavy (non-hydrogen) atoms. The SMILES string of the molecule is C=C(C)[C@@H]1CC=C(CN2C[C@H](n3cc(C(=O)OC)nn3)C[C@H]2C(=O)N2CCN(c3ccc(F)cc3)CC2)CC1. The lowest BCUT2D eigenvalue weighted by molar-refractivity contribution is -0.136. The maximum Gasteiger partial charge on any atom is 0.360 e. The van der Waals surface area contributed by atoms with Gasteiger partial charge >= 0.3 is 5.97 Å². The standard InChI is InChI=1S/C29H37FN6O3/c1-20(2)22-6-4-21(5-7-22)17-35-18-25(36-19-26(31-32-36)29(38)39-3)16-27(35)28(37)34-14-12-33(13-15-34)24-10-8-23(30)9-11-24/h4,8-11,19,22,25,27H,1,5-7,12-18H2,2-3H3/t22-,25-,27+/m1/s1. The molecule has 10 heteroatoms. The molecule has 9 nitrogen and oxygen atoms in total. The first-order valence-electron chi connectivity index (χ1n) is 13.7. The lowest BCUT2D eigenvalue weighted by Crippen LogP contribution is -2.54. The summed E-state index contributed by atoms with van der Waals surface area (Å²) in [4.78, 5) is 32.2. The number of aromatic nitrogens is 3. The van der Waals surface area contributed by atoms with Crippen LogP contribution in [0.1, 0.15) is 49.1 Å². The molecule has 2 fully saturated rings. The van der Waals surface area contributed by atoms with Crippen LogP contribution in [0.5, 0.6) is 0 Å². The Morgan fingerprint density at radius 1 is 1.15 bits per heavy atom. The van der Waals surface area contributed by atoms with Gasteiger partial charge in [-0.2, -0.15) is 0 Å². The van der Waals surface area contributed by atoms with Crippen molar-refractivity contribution in [2.24, 2.45) is 5.92 Å². The average Bonchev–Trinajstić information content (AvgIpc) is 3.61. The van der Waals surface area contributed by atoms with Crippen LogP contribution < -0.4 is 4.90 Å². The molecule has 1 aromatic carbocycles. The number of methoxy groups -OCH3 is 1. The number of ether oxygens (including phenoxy) is 1. The number of benzene rings is 1. The summed E-state index contributed by atoms with van der Waals surface area (Å²) < 4.78 is 19.8. The van der Waals surface area contributed by atoms with Crippen LogP contribution in [-0.2, 0) is 9.53 Å². The molecular weight excluding hydrogens is 499 g/mol. The number of anilines is 1. The summed E-state index contributed by atoms with van der Waals surface area (Å²) in [5.74, 6) is -0.123. The predicted molar refractivity (Wildman–Crippen MR) is 146 cm³/mol. The van der Waals surface area contributed by atoms with Gasteiger partial charge in [-0.05, 0) is 62.8 Å². The third kappa shape index (κ3) is 6.06. The topological polar surface area (TPSA) is 83.8 Å². The van der Waals surface area contributed by atoms with Crippen LogP contribution in [0.25, 0.3) is 0 Å². The van der Waals surface area contributed by atoms with Crippen LogP contribution in [0, 0.1) is 11.7 Å². The molecule has 3 atom stereocenters. The number of piperazine rings is 1. The number of rotatable bonds is 7. The van der Waals surface area contributed by atoms with E-state index >= 15 is 0 Å². The second-order valence-corrected chi connectivity index (χ2v) is 10.9. The van der Waals surface area contributed by atoms with Crippen molar-refractivity contribution in [2.75, 3.05) is 51.3 Å². The second-order valence-electron chi connectivity index (χ2n) is 10.9. The molecule has 0 bridgehead atoms. The number of hydrogen-bond acceptors (Lipinski definition) is 7. The van der Waals surface area contributed by atoms with Gasteiger partial charge in [0.2, 0.25) is 5.91 Å². The molecule has 2 saturated heterocycles. The number of hydrogen-bond donors (Lipinski definition) is 0. The van der Waals surface area contributed by atoms with E-state index in [2.05, 4.69) is 39.7 Å². The van der Waals surface area contributed by atoms with E-state index in [1.807, 2.05) is 4.90 Å². The molecule has 0 saturated carbocycles. The first kappa shape index (κ1) is 27.1. The first-order chi connectivity index (χ1) is 18.8. The lowest BCUT2D eigenvalue weighted by Gasteiger charge is -2.38. The monoisotopic (exact) mass is 536 g/mol. The summed E-state index contributed by atoms with van der Waals surface area (Å²) >= 11 is 0. The van der Waals surface area contributed by atoms with Gasteiger partial charge in [-0.3, -0.25) is 9.69 Å². The summed E-state index contributed by atoms with van der Waals surface area (Å²) in [5, 5.41) is 8.17. The van der Waals surface area contributed by atoms with Crippen LogP contribution in [0.15, 0.2) is 54.3 Å². The van der Waals surface area contributed by atoms with Gasteiger partial charge in [0.1, 0.15) is 5.82 Å². The minimum atomic E-state index is -0.526. The van der Waals surface area contributed by atoms with Crippen molar-refractivity contribution in [3.63, 3.8) is 0 Å². The van der Waals surface area contributed by atoms with E-state index in [-0.39, 0.29) is 29.5 Å². The highest BCUT2D eigenvalue weighted by molar-refractivity contribution is 5.86. The van der Waals surface area contributed by atoms with Crippen LogP contribution in [0.3, 0.4) is 0 Å². The fraction of sp³-hybridized carbons (Fsp3) is 0.517. The Morgan fingerprint density at radius 3 is 2.54 bits per heavy atom. The Bertz CT molecular complexity index is 1230. The smallest absolute Gasteiger partial charge is 0.360 e. The van der Waals surface area contributed by atoms with E-state index in [0.717, 1.165) is 31.5 Å². The van der Waals surface area contributed by atoms with Crippen LogP contribution >= 0.6 is 0 Å². The Morgan fingerprint density at radius 2 is 1.90 bits per heavy atom. The van der Waals surface area contributed by atoms with Crippen molar-refractivity contribution in [2.45, 2.75) is 44.7 Å². The largest absolute Gasteiger partial charge is 0.464 e. The highest BCUT2D eigenvalue weighted by Gasteiger charge is 2.41. The van der Waals surface area contributed by atoms with Gasteiger partial charge in [-0.15, -0.1) is 5.10 Å². The summed E-state index contributed by atoms with van der Waals surface area (Å²) in [6.07, 6.45) is 7.63. The molecule has 208 valence electrons. The molecule has 3 heterocycles. The summed E-state index contributed by atoms with van der Waals surface area (Å²) in [7, 11) is 1.32. The fourth-order valence-electron chi connectivity index (χ4n) is 5.94. The number of likely N-dealkylation sites (tertiary alicyclic amines) is 1. The zero-order valence-corrected chi connectivity index (χ0v) is 22.8. The fourth-order valence-corrected chi connectivity index (χ4v) is 5.94. The number of nitrogens with zero attached hydrogens (tertiary/aromatic N) is 6. The van der Waals surface area contributed by atoms with Crippen LogP contribution in [-0.4, -0.2) is 89.1 Å². The van der Waals surface area contributed by atoms with Gasteiger partial charge in [-0.25, -0.2) is 13.9 Å². The van der Waals surface area contributed by atoms with Gasteiger partial charge in [0.25, 0.3) is 0 Å². The van der Waals surface area contributed by atoms with Crippen LogP contribution in [0.2, 0.25) is 0 Å². The Kier molecular flexibility index (Phi) is 8.11. The molecule has 0 unspecified atom stereocenters. The van der Waals surface area contributed by atoms with E-state index in [4.69, 9.17) is 4.74 Å². The Hall–Kier alpha value is -3.53. The van der Waals surface area contributed by atoms with Crippen LogP contribution in [0.4, 0.5) is 10.1 Å². The quantitative estimate of drug-likeness (QED) is 0.396. The summed E-state index contributed by atoms with van der Waals surface area (Å²) in [6, 6.07) is 6.16. The summed E-state index contributed by atoms with van der Waals surface area (Å²) in [5.41, 5.74) is 3.72. The zero-order valence-electron chi connectivity index (χ0n) is 22.8. The molecule has 3 aliphatic rings. The molecule has 2 aliphatic heterocycles. The van der Waals surface area contributed by atoms with Gasteiger partial charge in [0.15, 0.2) is 5.69 Å². The van der Waals surface area contributed by atoms with E-state index in [9.17, 15) is 14.0 Å². The van der Waals surface area contributed by atoms with Crippen molar-refractivity contribution < 1.29 is 18.7 Å². The van der Waals surface area contributed by atoms with E-state index in [1.165, 1.54) is 30.4 Å². The predicted octanol–water partition coefficient (Wildman–Crippen LogP) is 3.47. The molecule has 0 N–H and O–H groups in total. The minimum Gasteiger partial charge on any atom is -0.464 e. The zero-order chi connectivity index (χ0) is 27.5.